The molecule has 1 unspecified atom stereocenters. The first-order chi connectivity index (χ1) is 9.49. The van der Waals surface area contributed by atoms with E-state index in [4.69, 9.17) is 4.74 Å². The summed E-state index contributed by atoms with van der Waals surface area (Å²) < 4.78 is 44.3. The summed E-state index contributed by atoms with van der Waals surface area (Å²) >= 11 is 0. The molecule has 1 N–H and O–H groups in total. The van der Waals surface area contributed by atoms with Gasteiger partial charge in [0.05, 0.1) is 6.61 Å². The molecule has 1 aromatic rings. The van der Waals surface area contributed by atoms with Crippen LogP contribution in [0.1, 0.15) is 30.5 Å². The second-order valence-corrected chi connectivity index (χ2v) is 4.65. The van der Waals surface area contributed by atoms with Gasteiger partial charge in [0.2, 0.25) is 0 Å². The summed E-state index contributed by atoms with van der Waals surface area (Å²) in [7, 11) is 0. The fourth-order valence-corrected chi connectivity index (χ4v) is 2.46. The highest BCUT2D eigenvalue weighted by atomic mass is 19.4. The van der Waals surface area contributed by atoms with Crippen molar-refractivity contribution in [1.29, 1.82) is 0 Å². The van der Waals surface area contributed by atoms with E-state index in [-0.39, 0.29) is 6.61 Å². The summed E-state index contributed by atoms with van der Waals surface area (Å²) in [5.41, 5.74) is 2.45. The third kappa shape index (κ3) is 4.11. The van der Waals surface area contributed by atoms with Gasteiger partial charge in [-0.05, 0) is 42.6 Å². The fourth-order valence-electron chi connectivity index (χ4n) is 2.46. The number of aryl methyl sites for hydroxylation is 1. The average molecular weight is 289 g/mol. The van der Waals surface area contributed by atoms with Gasteiger partial charge in [-0.15, -0.1) is 13.2 Å². The van der Waals surface area contributed by atoms with Gasteiger partial charge >= 0.3 is 6.36 Å². The Morgan fingerprint density at radius 1 is 1.30 bits per heavy atom. The van der Waals surface area contributed by atoms with Crippen molar-refractivity contribution in [3.8, 4) is 5.75 Å². The van der Waals surface area contributed by atoms with Gasteiger partial charge in [-0.3, -0.25) is 4.74 Å². The SMILES string of the molecule is CCNC1CCc2cc(OCCOC(F)(F)F)ccc21. The lowest BCUT2D eigenvalue weighted by Crippen LogP contribution is -2.18. The van der Waals surface area contributed by atoms with Crippen molar-refractivity contribution in [3.63, 3.8) is 0 Å². The Kier molecular flexibility index (Phi) is 4.88. The maximum Gasteiger partial charge on any atom is 0.522 e. The Hall–Kier alpha value is -1.27. The third-order valence-corrected chi connectivity index (χ3v) is 3.26. The molecule has 0 radical (unpaired) electrons. The summed E-state index contributed by atoms with van der Waals surface area (Å²) in [6.07, 6.45) is -2.59. The smallest absolute Gasteiger partial charge is 0.491 e. The summed E-state index contributed by atoms with van der Waals surface area (Å²) in [5, 5.41) is 3.40. The standard InChI is InChI=1S/C14H18F3NO2/c1-2-18-13-6-3-10-9-11(4-5-12(10)13)19-7-8-20-14(15,16)17/h4-5,9,13,18H,2-3,6-8H2,1H3. The van der Waals surface area contributed by atoms with Crippen LogP contribution in [0.15, 0.2) is 18.2 Å². The van der Waals surface area contributed by atoms with E-state index >= 15 is 0 Å². The van der Waals surface area contributed by atoms with Gasteiger partial charge in [-0.1, -0.05) is 13.0 Å². The zero-order valence-electron chi connectivity index (χ0n) is 11.3. The number of benzene rings is 1. The van der Waals surface area contributed by atoms with Gasteiger partial charge in [0.15, 0.2) is 0 Å². The highest BCUT2D eigenvalue weighted by Crippen LogP contribution is 2.33. The van der Waals surface area contributed by atoms with Gasteiger partial charge in [-0.2, -0.15) is 0 Å². The predicted molar refractivity (Wildman–Crippen MR) is 68.7 cm³/mol. The van der Waals surface area contributed by atoms with Crippen molar-refractivity contribution < 1.29 is 22.6 Å². The lowest BCUT2D eigenvalue weighted by molar-refractivity contribution is -0.325. The van der Waals surface area contributed by atoms with Gasteiger partial charge in [0, 0.05) is 6.04 Å². The van der Waals surface area contributed by atoms with E-state index in [2.05, 4.69) is 17.0 Å². The molecule has 0 aliphatic heterocycles. The number of ether oxygens (including phenoxy) is 2. The van der Waals surface area contributed by atoms with Crippen LogP contribution in [-0.2, 0) is 11.2 Å². The maximum absolute atomic E-state index is 11.8. The normalized spacial score (nSPS) is 18.1. The second kappa shape index (κ2) is 6.45. The van der Waals surface area contributed by atoms with E-state index in [0.29, 0.717) is 11.8 Å². The molecule has 0 heterocycles. The van der Waals surface area contributed by atoms with Crippen molar-refractivity contribution in [2.45, 2.75) is 32.2 Å². The van der Waals surface area contributed by atoms with Crippen molar-refractivity contribution in [2.24, 2.45) is 0 Å². The Labute approximate surface area is 116 Å². The summed E-state index contributed by atoms with van der Waals surface area (Å²) in [6, 6.07) is 6.05. The minimum atomic E-state index is -4.60. The number of hydrogen-bond donors (Lipinski definition) is 1. The zero-order valence-corrected chi connectivity index (χ0v) is 11.3. The first-order valence-corrected chi connectivity index (χ1v) is 6.69. The molecule has 20 heavy (non-hydrogen) atoms. The maximum atomic E-state index is 11.8. The number of rotatable bonds is 6. The molecule has 0 fully saturated rings. The molecule has 0 aromatic heterocycles. The predicted octanol–water partition coefficient (Wildman–Crippen LogP) is 3.20. The Balaban J connectivity index is 1.86. The van der Waals surface area contributed by atoms with Crippen LogP contribution in [-0.4, -0.2) is 26.1 Å². The number of halogens is 3. The van der Waals surface area contributed by atoms with Crippen LogP contribution in [0.25, 0.3) is 0 Å². The van der Waals surface area contributed by atoms with Crippen LogP contribution in [0.4, 0.5) is 13.2 Å². The molecule has 0 bridgehead atoms. The molecule has 1 aromatic carbocycles. The quantitative estimate of drug-likeness (QED) is 0.816. The van der Waals surface area contributed by atoms with Crippen LogP contribution in [0.5, 0.6) is 5.75 Å². The van der Waals surface area contributed by atoms with E-state index < -0.39 is 13.0 Å². The number of fused-ring (bicyclic) bond motifs is 1. The molecular formula is C14H18F3NO2. The van der Waals surface area contributed by atoms with Crippen molar-refractivity contribution in [2.75, 3.05) is 19.8 Å². The molecule has 0 saturated heterocycles. The Morgan fingerprint density at radius 3 is 2.80 bits per heavy atom. The lowest BCUT2D eigenvalue weighted by Gasteiger charge is -2.13. The van der Waals surface area contributed by atoms with E-state index in [0.717, 1.165) is 19.4 Å². The van der Waals surface area contributed by atoms with E-state index in [1.165, 1.54) is 11.1 Å². The highest BCUT2D eigenvalue weighted by Gasteiger charge is 2.28. The van der Waals surface area contributed by atoms with E-state index in [1.807, 2.05) is 12.1 Å². The summed E-state index contributed by atoms with van der Waals surface area (Å²) in [6.45, 7) is 2.36. The van der Waals surface area contributed by atoms with Crippen LogP contribution in [0.3, 0.4) is 0 Å². The van der Waals surface area contributed by atoms with Gasteiger partial charge in [-0.25, -0.2) is 0 Å². The molecule has 2 rings (SSSR count). The minimum absolute atomic E-state index is 0.116. The van der Waals surface area contributed by atoms with Crippen molar-refractivity contribution >= 4 is 0 Å². The largest absolute Gasteiger partial charge is 0.522 e. The van der Waals surface area contributed by atoms with E-state index in [1.54, 1.807) is 6.07 Å². The molecule has 3 nitrogen and oxygen atoms in total. The minimum Gasteiger partial charge on any atom is -0.491 e. The fraction of sp³-hybridized carbons (Fsp3) is 0.571. The Morgan fingerprint density at radius 2 is 2.10 bits per heavy atom. The summed E-state index contributed by atoms with van der Waals surface area (Å²) in [5.74, 6) is 0.590. The van der Waals surface area contributed by atoms with Crippen LogP contribution in [0.2, 0.25) is 0 Å². The second-order valence-electron chi connectivity index (χ2n) is 4.65. The van der Waals surface area contributed by atoms with Gasteiger partial charge < -0.3 is 10.1 Å². The lowest BCUT2D eigenvalue weighted by atomic mass is 10.1. The van der Waals surface area contributed by atoms with Crippen LogP contribution < -0.4 is 10.1 Å². The highest BCUT2D eigenvalue weighted by molar-refractivity contribution is 5.40. The number of alkyl halides is 3. The molecule has 1 aliphatic rings. The van der Waals surface area contributed by atoms with Gasteiger partial charge in [0.25, 0.3) is 0 Å². The molecule has 0 amide bonds. The average Bonchev–Trinajstić information content (AvgIpc) is 2.77. The molecular weight excluding hydrogens is 271 g/mol. The molecule has 6 heteroatoms. The van der Waals surface area contributed by atoms with Crippen molar-refractivity contribution in [3.05, 3.63) is 29.3 Å². The number of nitrogens with one attached hydrogen (secondary N) is 1. The monoisotopic (exact) mass is 289 g/mol. The van der Waals surface area contributed by atoms with Crippen molar-refractivity contribution in [1.82, 2.24) is 5.32 Å². The molecule has 112 valence electrons. The zero-order chi connectivity index (χ0) is 14.6. The van der Waals surface area contributed by atoms with Gasteiger partial charge in [0.1, 0.15) is 12.4 Å². The number of hydrogen-bond acceptors (Lipinski definition) is 3. The Bertz CT molecular complexity index is 449. The molecule has 1 atom stereocenters. The van der Waals surface area contributed by atoms with Crippen LogP contribution in [0, 0.1) is 0 Å². The molecule has 1 aliphatic carbocycles. The first-order valence-electron chi connectivity index (χ1n) is 6.69. The molecule has 0 spiro atoms. The topological polar surface area (TPSA) is 30.5 Å². The van der Waals surface area contributed by atoms with Crippen LogP contribution >= 0.6 is 0 Å². The third-order valence-electron chi connectivity index (χ3n) is 3.26. The summed E-state index contributed by atoms with van der Waals surface area (Å²) in [4.78, 5) is 0. The first kappa shape index (κ1) is 15.1. The van der Waals surface area contributed by atoms with E-state index in [9.17, 15) is 13.2 Å². The molecule has 0 saturated carbocycles.